The van der Waals surface area contributed by atoms with Gasteiger partial charge >= 0.3 is 5.97 Å². The van der Waals surface area contributed by atoms with E-state index in [1.165, 1.54) is 23.9 Å². The molecule has 0 saturated heterocycles. The second-order valence-corrected chi connectivity index (χ2v) is 8.55. The number of carboxylic acids is 1. The fourth-order valence-electron chi connectivity index (χ4n) is 3.25. The highest BCUT2D eigenvalue weighted by Crippen LogP contribution is 2.51. The highest BCUT2D eigenvalue weighted by Gasteiger charge is 2.47. The molecule has 8 heteroatoms. The van der Waals surface area contributed by atoms with Crippen molar-refractivity contribution in [3.8, 4) is 0 Å². The molecule has 132 valence electrons. The van der Waals surface area contributed by atoms with Gasteiger partial charge in [0.1, 0.15) is 5.41 Å². The zero-order chi connectivity index (χ0) is 18.2. The van der Waals surface area contributed by atoms with Crippen LogP contribution in [0.3, 0.4) is 0 Å². The summed E-state index contributed by atoms with van der Waals surface area (Å²) in [6.07, 6.45) is 0.766. The third kappa shape index (κ3) is 2.95. The zero-order valence-electron chi connectivity index (χ0n) is 13.3. The van der Waals surface area contributed by atoms with E-state index in [0.717, 1.165) is 4.90 Å². The van der Waals surface area contributed by atoms with Gasteiger partial charge in [0.25, 0.3) is 0 Å². The van der Waals surface area contributed by atoms with Gasteiger partial charge in [-0.2, -0.15) is 0 Å². The summed E-state index contributed by atoms with van der Waals surface area (Å²) in [5, 5.41) is 15.4. The number of sulfonamides is 1. The number of carboxylic acid groups (broad SMARTS) is 1. The van der Waals surface area contributed by atoms with E-state index in [1.807, 2.05) is 12.1 Å². The van der Waals surface area contributed by atoms with Gasteiger partial charge in [-0.05, 0) is 54.8 Å². The third-order valence-electron chi connectivity index (χ3n) is 4.43. The summed E-state index contributed by atoms with van der Waals surface area (Å²) in [5.74, 6) is -1.03. The van der Waals surface area contributed by atoms with Crippen LogP contribution in [0.25, 0.3) is 0 Å². The molecule has 25 heavy (non-hydrogen) atoms. The van der Waals surface area contributed by atoms with Gasteiger partial charge in [0.15, 0.2) is 0 Å². The van der Waals surface area contributed by atoms with E-state index in [4.69, 9.17) is 10.9 Å². The largest absolute Gasteiger partial charge is 0.480 e. The Morgan fingerprint density at radius 3 is 2.44 bits per heavy atom. The van der Waals surface area contributed by atoms with Crippen LogP contribution in [0, 0.1) is 0 Å². The van der Waals surface area contributed by atoms with Crippen LogP contribution in [0.1, 0.15) is 24.0 Å². The smallest absolute Gasteiger partial charge is 0.318 e. The van der Waals surface area contributed by atoms with E-state index in [1.54, 1.807) is 18.2 Å². The molecule has 2 aromatic rings. The molecule has 0 aromatic heterocycles. The number of nitrogens with two attached hydrogens (primary N) is 2. The van der Waals surface area contributed by atoms with Gasteiger partial charge in [-0.25, -0.2) is 13.6 Å². The van der Waals surface area contributed by atoms with Crippen LogP contribution in [0.5, 0.6) is 0 Å². The lowest BCUT2D eigenvalue weighted by molar-refractivity contribution is -0.142. The van der Waals surface area contributed by atoms with Gasteiger partial charge in [0.05, 0.1) is 4.90 Å². The highest BCUT2D eigenvalue weighted by atomic mass is 32.2. The molecule has 5 N–H and O–H groups in total. The molecule has 0 saturated carbocycles. The summed E-state index contributed by atoms with van der Waals surface area (Å²) in [6, 6.07) is 11.7. The average molecular weight is 378 g/mol. The minimum Gasteiger partial charge on any atom is -0.480 e. The van der Waals surface area contributed by atoms with Crippen molar-refractivity contribution in [3.05, 3.63) is 53.6 Å². The summed E-state index contributed by atoms with van der Waals surface area (Å²) in [5.41, 5.74) is 5.38. The van der Waals surface area contributed by atoms with E-state index in [0.29, 0.717) is 29.0 Å². The molecule has 3 rings (SSSR count). The number of benzene rings is 2. The van der Waals surface area contributed by atoms with E-state index < -0.39 is 21.4 Å². The fourth-order valence-corrected chi connectivity index (χ4v) is 5.01. The molecule has 0 fully saturated rings. The maximum absolute atomic E-state index is 12.4. The Bertz CT molecular complexity index is 943. The molecule has 1 unspecified atom stereocenters. The average Bonchev–Trinajstić information content (AvgIpc) is 2.57. The Hall–Kier alpha value is -1.87. The highest BCUT2D eigenvalue weighted by molar-refractivity contribution is 7.99. The minimum atomic E-state index is -3.94. The molecule has 2 aromatic carbocycles. The molecule has 0 amide bonds. The molecular weight excluding hydrogens is 360 g/mol. The first-order valence-electron chi connectivity index (χ1n) is 7.69. The van der Waals surface area contributed by atoms with E-state index in [2.05, 4.69) is 0 Å². The summed E-state index contributed by atoms with van der Waals surface area (Å²) >= 11 is 1.42. The maximum Gasteiger partial charge on any atom is 0.318 e. The topological polar surface area (TPSA) is 123 Å². The van der Waals surface area contributed by atoms with Crippen molar-refractivity contribution in [2.75, 3.05) is 6.54 Å². The lowest BCUT2D eigenvalue weighted by atomic mass is 9.71. The number of rotatable bonds is 5. The summed E-state index contributed by atoms with van der Waals surface area (Å²) in [7, 11) is -3.94. The van der Waals surface area contributed by atoms with Crippen molar-refractivity contribution < 1.29 is 18.3 Å². The SMILES string of the molecule is NCCCC1(C(=O)O)c2ccccc2Sc2ccc(S(N)(=O)=O)cc21. The number of hydrogen-bond donors (Lipinski definition) is 3. The number of primary sulfonamides is 1. The normalized spacial score (nSPS) is 19.1. The van der Waals surface area contributed by atoms with Crippen LogP contribution >= 0.6 is 11.8 Å². The summed E-state index contributed by atoms with van der Waals surface area (Å²) in [4.78, 5) is 13.9. The van der Waals surface area contributed by atoms with Gasteiger partial charge in [-0.1, -0.05) is 30.0 Å². The van der Waals surface area contributed by atoms with Gasteiger partial charge in [-0.15, -0.1) is 0 Å². The molecule has 1 atom stereocenters. The van der Waals surface area contributed by atoms with Gasteiger partial charge in [0, 0.05) is 9.79 Å². The second-order valence-electron chi connectivity index (χ2n) is 5.90. The van der Waals surface area contributed by atoms with E-state index in [-0.39, 0.29) is 11.3 Å². The standard InChI is InChI=1S/C17H18N2O4S2/c18-9-3-8-17(16(20)21)12-4-1-2-5-14(12)24-15-7-6-11(10-13(15)17)25(19,22)23/h1-2,4-7,10H,3,8-9,18H2,(H,20,21)(H2,19,22,23). The number of aliphatic carboxylic acids is 1. The van der Waals surface area contributed by atoms with Crippen molar-refractivity contribution in [2.24, 2.45) is 10.9 Å². The summed E-state index contributed by atoms with van der Waals surface area (Å²) < 4.78 is 23.5. The van der Waals surface area contributed by atoms with Crippen molar-refractivity contribution in [2.45, 2.75) is 32.9 Å². The van der Waals surface area contributed by atoms with Crippen LogP contribution in [0.15, 0.2) is 57.2 Å². The number of hydrogen-bond acceptors (Lipinski definition) is 5. The first kappa shape index (κ1) is 17.9. The molecule has 1 aliphatic heterocycles. The van der Waals surface area contributed by atoms with Crippen LogP contribution in [-0.2, 0) is 20.2 Å². The lowest BCUT2D eigenvalue weighted by Gasteiger charge is -2.37. The van der Waals surface area contributed by atoms with Crippen LogP contribution < -0.4 is 10.9 Å². The van der Waals surface area contributed by atoms with Crippen LogP contribution in [0.2, 0.25) is 0 Å². The van der Waals surface area contributed by atoms with Gasteiger partial charge < -0.3 is 10.8 Å². The lowest BCUT2D eigenvalue weighted by Crippen LogP contribution is -2.40. The second kappa shape index (κ2) is 6.45. The maximum atomic E-state index is 12.4. The van der Waals surface area contributed by atoms with Crippen molar-refractivity contribution in [1.82, 2.24) is 0 Å². The first-order valence-corrected chi connectivity index (χ1v) is 10.0. The molecule has 0 aliphatic carbocycles. The van der Waals surface area contributed by atoms with Crippen molar-refractivity contribution in [1.29, 1.82) is 0 Å². The van der Waals surface area contributed by atoms with Crippen LogP contribution in [-0.4, -0.2) is 26.0 Å². The zero-order valence-corrected chi connectivity index (χ0v) is 14.9. The Balaban J connectivity index is 2.34. The molecule has 1 aliphatic rings. The molecule has 6 nitrogen and oxygen atoms in total. The third-order valence-corrected chi connectivity index (χ3v) is 6.49. The van der Waals surface area contributed by atoms with Gasteiger partial charge in [-0.3, -0.25) is 4.79 Å². The predicted octanol–water partition coefficient (Wildman–Crippen LogP) is 1.91. The molecular formula is C17H18N2O4S2. The molecule has 0 bridgehead atoms. The predicted molar refractivity (Wildman–Crippen MR) is 95.1 cm³/mol. The molecule has 0 spiro atoms. The number of fused-ring (bicyclic) bond motifs is 2. The number of carbonyl (C=O) groups is 1. The monoisotopic (exact) mass is 378 g/mol. The van der Waals surface area contributed by atoms with Gasteiger partial charge in [0.2, 0.25) is 10.0 Å². The Morgan fingerprint density at radius 1 is 1.12 bits per heavy atom. The Labute approximate surface area is 150 Å². The van der Waals surface area contributed by atoms with Crippen molar-refractivity contribution >= 4 is 27.8 Å². The van der Waals surface area contributed by atoms with E-state index >= 15 is 0 Å². The quantitative estimate of drug-likeness (QED) is 0.730. The molecule has 1 heterocycles. The first-order chi connectivity index (χ1) is 11.8. The summed E-state index contributed by atoms with van der Waals surface area (Å²) in [6.45, 7) is 0.342. The fraction of sp³-hybridized carbons (Fsp3) is 0.235. The Morgan fingerprint density at radius 2 is 1.80 bits per heavy atom. The Kier molecular flexibility index (Phi) is 4.63. The van der Waals surface area contributed by atoms with Crippen molar-refractivity contribution in [3.63, 3.8) is 0 Å². The van der Waals surface area contributed by atoms with Crippen LogP contribution in [0.4, 0.5) is 0 Å². The minimum absolute atomic E-state index is 0.0930. The van der Waals surface area contributed by atoms with E-state index in [9.17, 15) is 18.3 Å². The molecule has 0 radical (unpaired) electrons.